The lowest BCUT2D eigenvalue weighted by molar-refractivity contribution is -0.385. The van der Waals surface area contributed by atoms with Crippen LogP contribution in [0.4, 0.5) is 10.8 Å². The molecule has 2 aromatic rings. The SMILES string of the molecule is Cc1c(CNC(=O)Cc2csc(N)n2)cccc1[N+](=O)[O-]. The van der Waals surface area contributed by atoms with Crippen LogP contribution in [0.1, 0.15) is 16.8 Å². The Balaban J connectivity index is 1.98. The van der Waals surface area contributed by atoms with Crippen molar-refractivity contribution in [1.82, 2.24) is 10.3 Å². The number of benzene rings is 1. The number of amides is 1. The molecule has 8 heteroatoms. The van der Waals surface area contributed by atoms with Crippen molar-refractivity contribution in [3.05, 3.63) is 50.5 Å². The maximum Gasteiger partial charge on any atom is 0.272 e. The molecule has 0 bridgehead atoms. The highest BCUT2D eigenvalue weighted by atomic mass is 32.1. The number of anilines is 1. The molecule has 0 saturated heterocycles. The van der Waals surface area contributed by atoms with Crippen LogP contribution < -0.4 is 11.1 Å². The Hall–Kier alpha value is -2.48. The monoisotopic (exact) mass is 306 g/mol. The van der Waals surface area contributed by atoms with Crippen LogP contribution in [-0.2, 0) is 17.8 Å². The number of nitrogens with zero attached hydrogens (tertiary/aromatic N) is 2. The van der Waals surface area contributed by atoms with Crippen molar-refractivity contribution in [2.24, 2.45) is 0 Å². The molecule has 3 N–H and O–H groups in total. The summed E-state index contributed by atoms with van der Waals surface area (Å²) in [6, 6.07) is 4.80. The first-order chi connectivity index (χ1) is 9.97. The fraction of sp³-hybridized carbons (Fsp3) is 0.231. The van der Waals surface area contributed by atoms with Gasteiger partial charge in [0.2, 0.25) is 5.91 Å². The number of nitro benzene ring substituents is 1. The molecule has 0 fully saturated rings. The van der Waals surface area contributed by atoms with Crippen LogP contribution in [-0.4, -0.2) is 15.8 Å². The maximum atomic E-state index is 11.8. The quantitative estimate of drug-likeness (QED) is 0.646. The van der Waals surface area contributed by atoms with Crippen molar-refractivity contribution in [3.63, 3.8) is 0 Å². The topological polar surface area (TPSA) is 111 Å². The molecule has 0 saturated carbocycles. The molecule has 1 heterocycles. The van der Waals surface area contributed by atoms with Crippen molar-refractivity contribution < 1.29 is 9.72 Å². The summed E-state index contributed by atoms with van der Waals surface area (Å²) < 4.78 is 0. The number of hydrogen-bond acceptors (Lipinski definition) is 6. The number of carbonyl (C=O) groups excluding carboxylic acids is 1. The van der Waals surface area contributed by atoms with Crippen LogP contribution in [0.15, 0.2) is 23.6 Å². The Morgan fingerprint density at radius 3 is 2.90 bits per heavy atom. The zero-order chi connectivity index (χ0) is 15.4. The van der Waals surface area contributed by atoms with E-state index in [2.05, 4.69) is 10.3 Å². The van der Waals surface area contributed by atoms with E-state index < -0.39 is 4.92 Å². The number of nitrogens with two attached hydrogens (primary N) is 1. The standard InChI is InChI=1S/C13H14N4O3S/c1-8-9(3-2-4-11(8)17(19)20)6-15-12(18)5-10-7-21-13(14)16-10/h2-4,7H,5-6H2,1H3,(H2,14,16)(H,15,18). The van der Waals surface area contributed by atoms with E-state index in [4.69, 9.17) is 5.73 Å². The summed E-state index contributed by atoms with van der Waals surface area (Å²) in [5.74, 6) is -0.203. The van der Waals surface area contributed by atoms with Gasteiger partial charge in [0.25, 0.3) is 5.69 Å². The summed E-state index contributed by atoms with van der Waals surface area (Å²) in [6.07, 6.45) is 0.141. The highest BCUT2D eigenvalue weighted by Gasteiger charge is 2.14. The van der Waals surface area contributed by atoms with Crippen molar-refractivity contribution in [2.75, 3.05) is 5.73 Å². The third-order valence-electron chi connectivity index (χ3n) is 3.00. The van der Waals surface area contributed by atoms with Crippen molar-refractivity contribution >= 4 is 28.1 Å². The summed E-state index contributed by atoms with van der Waals surface area (Å²) in [5, 5.41) is 15.7. The van der Waals surface area contributed by atoms with E-state index in [1.54, 1.807) is 24.4 Å². The van der Waals surface area contributed by atoms with Gasteiger partial charge in [0, 0.05) is 23.6 Å². The lowest BCUT2D eigenvalue weighted by Gasteiger charge is -2.07. The highest BCUT2D eigenvalue weighted by molar-refractivity contribution is 7.13. The predicted molar refractivity (Wildman–Crippen MR) is 79.9 cm³/mol. The third-order valence-corrected chi connectivity index (χ3v) is 3.72. The summed E-state index contributed by atoms with van der Waals surface area (Å²) in [6.45, 7) is 1.91. The second kappa shape index (κ2) is 6.31. The Morgan fingerprint density at radius 2 is 2.29 bits per heavy atom. The molecule has 21 heavy (non-hydrogen) atoms. The molecule has 1 aromatic heterocycles. The van der Waals surface area contributed by atoms with E-state index in [0.29, 0.717) is 16.4 Å². The molecule has 0 spiro atoms. The largest absolute Gasteiger partial charge is 0.375 e. The second-order valence-electron chi connectivity index (χ2n) is 4.45. The van der Waals surface area contributed by atoms with Gasteiger partial charge in [0.1, 0.15) is 0 Å². The molecule has 1 amide bonds. The van der Waals surface area contributed by atoms with Crippen molar-refractivity contribution in [1.29, 1.82) is 0 Å². The summed E-state index contributed by atoms with van der Waals surface area (Å²) in [7, 11) is 0. The zero-order valence-corrected chi connectivity index (χ0v) is 12.1. The number of aromatic nitrogens is 1. The fourth-order valence-corrected chi connectivity index (χ4v) is 2.45. The van der Waals surface area contributed by atoms with E-state index in [0.717, 1.165) is 5.56 Å². The van der Waals surface area contributed by atoms with Crippen LogP contribution in [0.25, 0.3) is 0 Å². The molecule has 7 nitrogen and oxygen atoms in total. The van der Waals surface area contributed by atoms with Crippen LogP contribution in [0.5, 0.6) is 0 Å². The molecule has 0 aliphatic rings. The maximum absolute atomic E-state index is 11.8. The minimum atomic E-state index is -0.432. The molecule has 0 radical (unpaired) electrons. The lowest BCUT2D eigenvalue weighted by atomic mass is 10.1. The number of nitrogen functional groups attached to an aromatic ring is 1. The van der Waals surface area contributed by atoms with Gasteiger partial charge in [-0.1, -0.05) is 12.1 Å². The van der Waals surface area contributed by atoms with Crippen LogP contribution in [0, 0.1) is 17.0 Å². The van der Waals surface area contributed by atoms with E-state index >= 15 is 0 Å². The number of thiazole rings is 1. The van der Waals surface area contributed by atoms with Gasteiger partial charge in [-0.15, -0.1) is 11.3 Å². The summed E-state index contributed by atoms with van der Waals surface area (Å²) >= 11 is 1.28. The van der Waals surface area contributed by atoms with Gasteiger partial charge in [0.05, 0.1) is 17.0 Å². The molecule has 0 unspecified atom stereocenters. The number of hydrogen-bond donors (Lipinski definition) is 2. The summed E-state index contributed by atoms with van der Waals surface area (Å²) in [4.78, 5) is 26.2. The van der Waals surface area contributed by atoms with Crippen molar-refractivity contribution in [3.8, 4) is 0 Å². The third kappa shape index (κ3) is 3.76. The van der Waals surface area contributed by atoms with E-state index in [9.17, 15) is 14.9 Å². The number of rotatable bonds is 5. The van der Waals surface area contributed by atoms with Gasteiger partial charge in [0.15, 0.2) is 5.13 Å². The Labute approximate surface area is 125 Å². The number of nitro groups is 1. The molecule has 0 aliphatic heterocycles. The first-order valence-electron chi connectivity index (χ1n) is 6.17. The number of nitrogens with one attached hydrogen (secondary N) is 1. The lowest BCUT2D eigenvalue weighted by Crippen LogP contribution is -2.25. The van der Waals surface area contributed by atoms with Crippen LogP contribution in [0.3, 0.4) is 0 Å². The Kier molecular flexibility index (Phi) is 4.49. The first kappa shape index (κ1) is 14.9. The van der Waals surface area contributed by atoms with Gasteiger partial charge < -0.3 is 11.1 Å². The summed E-state index contributed by atoms with van der Waals surface area (Å²) in [5.41, 5.74) is 7.44. The van der Waals surface area contributed by atoms with E-state index in [-0.39, 0.29) is 24.6 Å². The minimum Gasteiger partial charge on any atom is -0.375 e. The highest BCUT2D eigenvalue weighted by Crippen LogP contribution is 2.20. The predicted octanol–water partition coefficient (Wildman–Crippen LogP) is 1.80. The smallest absolute Gasteiger partial charge is 0.272 e. The van der Waals surface area contributed by atoms with Gasteiger partial charge >= 0.3 is 0 Å². The zero-order valence-electron chi connectivity index (χ0n) is 11.3. The Morgan fingerprint density at radius 1 is 1.52 bits per heavy atom. The Bertz CT molecular complexity index is 684. The minimum absolute atomic E-state index is 0.0500. The molecule has 0 aliphatic carbocycles. The molecular formula is C13H14N4O3S. The molecule has 110 valence electrons. The van der Waals surface area contributed by atoms with Crippen LogP contribution in [0.2, 0.25) is 0 Å². The average molecular weight is 306 g/mol. The normalized spacial score (nSPS) is 10.3. The van der Waals surface area contributed by atoms with Gasteiger partial charge in [-0.3, -0.25) is 14.9 Å². The van der Waals surface area contributed by atoms with Gasteiger partial charge in [-0.2, -0.15) is 0 Å². The van der Waals surface area contributed by atoms with Crippen LogP contribution >= 0.6 is 11.3 Å². The molecule has 1 aromatic carbocycles. The van der Waals surface area contributed by atoms with Crippen molar-refractivity contribution in [2.45, 2.75) is 19.9 Å². The second-order valence-corrected chi connectivity index (χ2v) is 5.34. The average Bonchev–Trinajstić information content (AvgIpc) is 2.82. The first-order valence-corrected chi connectivity index (χ1v) is 7.05. The van der Waals surface area contributed by atoms with Gasteiger partial charge in [-0.05, 0) is 12.5 Å². The molecule has 0 atom stereocenters. The van der Waals surface area contributed by atoms with Gasteiger partial charge in [-0.25, -0.2) is 4.98 Å². The van der Waals surface area contributed by atoms with E-state index in [1.165, 1.54) is 17.4 Å². The van der Waals surface area contributed by atoms with E-state index in [1.807, 2.05) is 0 Å². The molecular weight excluding hydrogens is 292 g/mol. The fourth-order valence-electron chi connectivity index (χ4n) is 1.88. The number of carbonyl (C=O) groups is 1. The molecule has 2 rings (SSSR count).